The van der Waals surface area contributed by atoms with Gasteiger partial charge in [-0.15, -0.1) is 11.3 Å². The van der Waals surface area contributed by atoms with Crippen LogP contribution in [0.2, 0.25) is 0 Å². The normalized spacial score (nSPS) is 12.6. The lowest BCUT2D eigenvalue weighted by molar-refractivity contribution is 0.582. The standard InChI is InChI=1S/C15H19FN2S/c1-4-7-17-15(14-9-19-11(3)18-14)12-5-6-13(16)10(2)8-12/h5-6,8-9,15,17H,4,7H2,1-3H3. The second-order valence-electron chi connectivity index (χ2n) is 4.69. The Morgan fingerprint density at radius 1 is 1.37 bits per heavy atom. The molecule has 1 heterocycles. The van der Waals surface area contributed by atoms with Gasteiger partial charge in [0.15, 0.2) is 0 Å². The third-order valence-electron chi connectivity index (χ3n) is 3.05. The Balaban J connectivity index is 2.33. The van der Waals surface area contributed by atoms with Crippen LogP contribution < -0.4 is 5.32 Å². The molecule has 0 saturated heterocycles. The summed E-state index contributed by atoms with van der Waals surface area (Å²) in [5, 5.41) is 6.61. The third-order valence-corrected chi connectivity index (χ3v) is 3.84. The summed E-state index contributed by atoms with van der Waals surface area (Å²) in [6, 6.07) is 5.32. The van der Waals surface area contributed by atoms with E-state index in [0.29, 0.717) is 5.56 Å². The summed E-state index contributed by atoms with van der Waals surface area (Å²) >= 11 is 1.64. The minimum atomic E-state index is -0.160. The van der Waals surface area contributed by atoms with E-state index >= 15 is 0 Å². The third kappa shape index (κ3) is 3.39. The topological polar surface area (TPSA) is 24.9 Å². The van der Waals surface area contributed by atoms with Crippen molar-refractivity contribution in [2.45, 2.75) is 33.2 Å². The average molecular weight is 278 g/mol. The largest absolute Gasteiger partial charge is 0.305 e. The molecule has 0 saturated carbocycles. The molecule has 2 aromatic rings. The van der Waals surface area contributed by atoms with Crippen molar-refractivity contribution in [2.24, 2.45) is 0 Å². The fraction of sp³-hybridized carbons (Fsp3) is 0.400. The minimum Gasteiger partial charge on any atom is -0.305 e. The lowest BCUT2D eigenvalue weighted by atomic mass is 10.0. The number of hydrogen-bond donors (Lipinski definition) is 1. The Bertz CT molecular complexity index is 551. The van der Waals surface area contributed by atoms with Crippen LogP contribution in [0.3, 0.4) is 0 Å². The summed E-state index contributed by atoms with van der Waals surface area (Å²) in [5.41, 5.74) is 2.76. The fourth-order valence-corrected chi connectivity index (χ4v) is 2.68. The van der Waals surface area contributed by atoms with E-state index in [2.05, 4.69) is 22.6 Å². The van der Waals surface area contributed by atoms with Crippen LogP contribution in [0, 0.1) is 19.7 Å². The Morgan fingerprint density at radius 3 is 2.74 bits per heavy atom. The van der Waals surface area contributed by atoms with Gasteiger partial charge in [0.05, 0.1) is 16.7 Å². The van der Waals surface area contributed by atoms with Gasteiger partial charge in [0.25, 0.3) is 0 Å². The summed E-state index contributed by atoms with van der Waals surface area (Å²) in [6.45, 7) is 6.84. The maximum Gasteiger partial charge on any atom is 0.126 e. The van der Waals surface area contributed by atoms with Gasteiger partial charge in [0.1, 0.15) is 5.82 Å². The van der Waals surface area contributed by atoms with Gasteiger partial charge < -0.3 is 5.32 Å². The van der Waals surface area contributed by atoms with Gasteiger partial charge in [-0.05, 0) is 44.0 Å². The molecule has 0 fully saturated rings. The van der Waals surface area contributed by atoms with Gasteiger partial charge in [-0.3, -0.25) is 0 Å². The Morgan fingerprint density at radius 2 is 2.16 bits per heavy atom. The maximum atomic E-state index is 13.4. The Kier molecular flexibility index (Phi) is 4.66. The predicted octanol–water partition coefficient (Wildman–Crippen LogP) is 3.99. The van der Waals surface area contributed by atoms with Crippen molar-refractivity contribution in [3.8, 4) is 0 Å². The predicted molar refractivity (Wildman–Crippen MR) is 78.1 cm³/mol. The van der Waals surface area contributed by atoms with E-state index in [1.165, 1.54) is 6.07 Å². The molecular formula is C15H19FN2S. The van der Waals surface area contributed by atoms with E-state index in [-0.39, 0.29) is 11.9 Å². The zero-order valence-corrected chi connectivity index (χ0v) is 12.4. The van der Waals surface area contributed by atoms with E-state index in [1.54, 1.807) is 18.3 Å². The molecule has 1 N–H and O–H groups in total. The highest BCUT2D eigenvalue weighted by Crippen LogP contribution is 2.25. The molecule has 0 bridgehead atoms. The van der Waals surface area contributed by atoms with Crippen molar-refractivity contribution in [2.75, 3.05) is 6.54 Å². The zero-order chi connectivity index (χ0) is 13.8. The molecule has 0 radical (unpaired) electrons. The first kappa shape index (κ1) is 14.2. The molecule has 102 valence electrons. The van der Waals surface area contributed by atoms with Crippen molar-refractivity contribution in [1.29, 1.82) is 0 Å². The number of rotatable bonds is 5. The summed E-state index contributed by atoms with van der Waals surface area (Å²) in [4.78, 5) is 4.55. The van der Waals surface area contributed by atoms with Gasteiger partial charge in [-0.1, -0.05) is 19.1 Å². The van der Waals surface area contributed by atoms with Crippen LogP contribution >= 0.6 is 11.3 Å². The smallest absolute Gasteiger partial charge is 0.126 e. The lowest BCUT2D eigenvalue weighted by Crippen LogP contribution is -2.23. The highest BCUT2D eigenvalue weighted by atomic mass is 32.1. The first-order valence-corrected chi connectivity index (χ1v) is 7.41. The number of nitrogens with zero attached hydrogens (tertiary/aromatic N) is 1. The van der Waals surface area contributed by atoms with Crippen LogP contribution in [-0.4, -0.2) is 11.5 Å². The molecule has 4 heteroatoms. The van der Waals surface area contributed by atoms with E-state index in [4.69, 9.17) is 0 Å². The highest BCUT2D eigenvalue weighted by Gasteiger charge is 2.16. The molecule has 0 spiro atoms. The number of nitrogens with one attached hydrogen (secondary N) is 1. The number of benzene rings is 1. The number of thiazole rings is 1. The van der Waals surface area contributed by atoms with Crippen LogP contribution in [0.25, 0.3) is 0 Å². The van der Waals surface area contributed by atoms with Crippen molar-refractivity contribution in [1.82, 2.24) is 10.3 Å². The highest BCUT2D eigenvalue weighted by molar-refractivity contribution is 7.09. The molecule has 0 aliphatic rings. The van der Waals surface area contributed by atoms with Gasteiger partial charge in [-0.25, -0.2) is 9.37 Å². The van der Waals surface area contributed by atoms with E-state index in [1.807, 2.05) is 19.1 Å². The molecule has 0 amide bonds. The molecule has 1 atom stereocenters. The summed E-state index contributed by atoms with van der Waals surface area (Å²) in [7, 11) is 0. The summed E-state index contributed by atoms with van der Waals surface area (Å²) in [5.74, 6) is -0.160. The molecule has 1 unspecified atom stereocenters. The van der Waals surface area contributed by atoms with E-state index in [9.17, 15) is 4.39 Å². The monoisotopic (exact) mass is 278 g/mol. The number of aromatic nitrogens is 1. The molecule has 19 heavy (non-hydrogen) atoms. The fourth-order valence-electron chi connectivity index (χ4n) is 2.04. The lowest BCUT2D eigenvalue weighted by Gasteiger charge is -2.17. The van der Waals surface area contributed by atoms with Crippen LogP contribution in [-0.2, 0) is 0 Å². The SMILES string of the molecule is CCCNC(c1ccc(F)c(C)c1)c1csc(C)n1. The van der Waals surface area contributed by atoms with Crippen LogP contribution in [0.15, 0.2) is 23.6 Å². The van der Waals surface area contributed by atoms with Gasteiger partial charge in [0, 0.05) is 5.38 Å². The Labute approximate surface area is 117 Å². The molecule has 1 aromatic heterocycles. The minimum absolute atomic E-state index is 0.0456. The van der Waals surface area contributed by atoms with Gasteiger partial charge in [0.2, 0.25) is 0 Å². The summed E-state index contributed by atoms with van der Waals surface area (Å²) in [6.07, 6.45) is 1.06. The van der Waals surface area contributed by atoms with E-state index < -0.39 is 0 Å². The van der Waals surface area contributed by atoms with Crippen molar-refractivity contribution >= 4 is 11.3 Å². The van der Waals surface area contributed by atoms with Gasteiger partial charge in [-0.2, -0.15) is 0 Å². The first-order valence-electron chi connectivity index (χ1n) is 6.53. The molecule has 0 aliphatic heterocycles. The number of halogens is 1. The van der Waals surface area contributed by atoms with Crippen LogP contribution in [0.1, 0.15) is 41.2 Å². The summed E-state index contributed by atoms with van der Waals surface area (Å²) < 4.78 is 13.4. The average Bonchev–Trinajstić information content (AvgIpc) is 2.80. The molecule has 0 aliphatic carbocycles. The first-order chi connectivity index (χ1) is 9.11. The van der Waals surface area contributed by atoms with Gasteiger partial charge >= 0.3 is 0 Å². The van der Waals surface area contributed by atoms with E-state index in [0.717, 1.165) is 29.2 Å². The van der Waals surface area contributed by atoms with Crippen LogP contribution in [0.5, 0.6) is 0 Å². The molecule has 1 aromatic carbocycles. The zero-order valence-electron chi connectivity index (χ0n) is 11.5. The van der Waals surface area contributed by atoms with Crippen molar-refractivity contribution in [3.05, 3.63) is 51.2 Å². The van der Waals surface area contributed by atoms with Crippen LogP contribution in [0.4, 0.5) is 4.39 Å². The maximum absolute atomic E-state index is 13.4. The Hall–Kier alpha value is -1.26. The molecule has 2 nitrogen and oxygen atoms in total. The quantitative estimate of drug-likeness (QED) is 0.894. The second-order valence-corrected chi connectivity index (χ2v) is 5.75. The molecular weight excluding hydrogens is 259 g/mol. The second kappa shape index (κ2) is 6.26. The molecule has 2 rings (SSSR count). The number of hydrogen-bond acceptors (Lipinski definition) is 3. The van der Waals surface area contributed by atoms with Crippen molar-refractivity contribution in [3.63, 3.8) is 0 Å². The number of aryl methyl sites for hydroxylation is 2. The van der Waals surface area contributed by atoms with Crippen molar-refractivity contribution < 1.29 is 4.39 Å².